The number of ether oxygens (including phenoxy) is 2. The van der Waals surface area contributed by atoms with Gasteiger partial charge < -0.3 is 25.0 Å². The van der Waals surface area contributed by atoms with Crippen molar-refractivity contribution < 1.29 is 24.5 Å². The van der Waals surface area contributed by atoms with Gasteiger partial charge in [0.1, 0.15) is 11.5 Å². The van der Waals surface area contributed by atoms with E-state index in [2.05, 4.69) is 5.32 Å². The average Bonchev–Trinajstić information content (AvgIpc) is 2.45. The molecular formula is C14H21NO5. The fraction of sp³-hybridized carbons (Fsp3) is 0.500. The van der Waals surface area contributed by atoms with Gasteiger partial charge in [0.2, 0.25) is 0 Å². The molecule has 1 aromatic carbocycles. The van der Waals surface area contributed by atoms with Crippen molar-refractivity contribution in [3.63, 3.8) is 0 Å². The normalized spacial score (nSPS) is 13.6. The Morgan fingerprint density at radius 3 is 2.60 bits per heavy atom. The fourth-order valence-corrected chi connectivity index (χ4v) is 1.86. The molecule has 2 atom stereocenters. The molecule has 0 radical (unpaired) electrons. The van der Waals surface area contributed by atoms with Crippen molar-refractivity contribution in [2.24, 2.45) is 0 Å². The highest BCUT2D eigenvalue weighted by Gasteiger charge is 2.20. The predicted octanol–water partition coefficient (Wildman–Crippen LogP) is 1.19. The summed E-state index contributed by atoms with van der Waals surface area (Å²) in [5.74, 6) is 0.306. The number of aliphatic hydroxyl groups is 1. The fourth-order valence-electron chi connectivity index (χ4n) is 1.86. The molecule has 0 saturated carbocycles. The molecule has 0 fully saturated rings. The van der Waals surface area contributed by atoms with Crippen molar-refractivity contribution in [2.45, 2.75) is 25.5 Å². The minimum absolute atomic E-state index is 0.00626. The molecule has 6 nitrogen and oxygen atoms in total. The number of carboxylic acids is 1. The molecule has 0 spiro atoms. The number of methoxy groups -OCH3 is 2. The summed E-state index contributed by atoms with van der Waals surface area (Å²) in [6.07, 6.45) is -0.819. The van der Waals surface area contributed by atoms with Crippen LogP contribution in [0.2, 0.25) is 0 Å². The van der Waals surface area contributed by atoms with Gasteiger partial charge in [0, 0.05) is 18.2 Å². The van der Waals surface area contributed by atoms with E-state index < -0.39 is 12.1 Å². The molecule has 0 heterocycles. The number of aliphatic hydroxyl groups excluding tert-OH is 1. The molecule has 6 heteroatoms. The van der Waals surface area contributed by atoms with Crippen molar-refractivity contribution in [3.05, 3.63) is 23.8 Å². The SMILES string of the molecule is COc1ccc(OC)c(C(O)C(C)NCCC(=O)O)c1. The summed E-state index contributed by atoms with van der Waals surface area (Å²) >= 11 is 0. The van der Waals surface area contributed by atoms with E-state index in [1.54, 1.807) is 32.2 Å². The minimum Gasteiger partial charge on any atom is -0.497 e. The van der Waals surface area contributed by atoms with Crippen LogP contribution in [0.3, 0.4) is 0 Å². The number of hydrogen-bond donors (Lipinski definition) is 3. The van der Waals surface area contributed by atoms with Gasteiger partial charge in [0.25, 0.3) is 0 Å². The lowest BCUT2D eigenvalue weighted by Crippen LogP contribution is -2.33. The van der Waals surface area contributed by atoms with Gasteiger partial charge in [-0.3, -0.25) is 4.79 Å². The molecule has 112 valence electrons. The molecule has 3 N–H and O–H groups in total. The van der Waals surface area contributed by atoms with Crippen LogP contribution in [0.25, 0.3) is 0 Å². The Bertz CT molecular complexity index is 449. The summed E-state index contributed by atoms with van der Waals surface area (Å²) in [5.41, 5.74) is 0.599. The van der Waals surface area contributed by atoms with Gasteiger partial charge in [0.15, 0.2) is 0 Å². The van der Waals surface area contributed by atoms with Gasteiger partial charge in [-0.15, -0.1) is 0 Å². The zero-order valence-electron chi connectivity index (χ0n) is 11.9. The Labute approximate surface area is 118 Å². The third-order valence-corrected chi connectivity index (χ3v) is 3.03. The standard InChI is InChI=1S/C14H21NO5/c1-9(15-7-6-13(16)17)14(18)11-8-10(19-2)4-5-12(11)20-3/h4-5,8-9,14-15,18H,6-7H2,1-3H3,(H,16,17). The first-order valence-electron chi connectivity index (χ1n) is 6.34. The molecule has 0 bridgehead atoms. The van der Waals surface area contributed by atoms with Crippen molar-refractivity contribution in [3.8, 4) is 11.5 Å². The maximum atomic E-state index is 10.5. The second-order valence-electron chi connectivity index (χ2n) is 4.44. The maximum Gasteiger partial charge on any atom is 0.304 e. The number of carboxylic acid groups (broad SMARTS) is 1. The molecule has 1 rings (SSSR count). The predicted molar refractivity (Wildman–Crippen MR) is 74.2 cm³/mol. The van der Waals surface area contributed by atoms with Crippen molar-refractivity contribution in [1.29, 1.82) is 0 Å². The summed E-state index contributed by atoms with van der Waals surface area (Å²) in [7, 11) is 3.08. The Morgan fingerprint density at radius 2 is 2.05 bits per heavy atom. The van der Waals surface area contributed by atoms with Gasteiger partial charge in [-0.1, -0.05) is 0 Å². The molecule has 0 aliphatic rings. The molecule has 2 unspecified atom stereocenters. The van der Waals surface area contributed by atoms with Crippen LogP contribution in [0.5, 0.6) is 11.5 Å². The van der Waals surface area contributed by atoms with Crippen LogP contribution in [-0.2, 0) is 4.79 Å². The molecule has 0 aliphatic heterocycles. The maximum absolute atomic E-state index is 10.5. The second kappa shape index (κ2) is 7.72. The molecule has 0 amide bonds. The summed E-state index contributed by atoms with van der Waals surface area (Å²) < 4.78 is 10.4. The topological polar surface area (TPSA) is 88.0 Å². The first kappa shape index (κ1) is 16.3. The van der Waals surface area contributed by atoms with E-state index in [1.807, 2.05) is 0 Å². The van der Waals surface area contributed by atoms with Crippen LogP contribution >= 0.6 is 0 Å². The highest BCUT2D eigenvalue weighted by molar-refractivity contribution is 5.66. The van der Waals surface area contributed by atoms with Crippen LogP contribution in [0, 0.1) is 0 Å². The van der Waals surface area contributed by atoms with Crippen molar-refractivity contribution in [2.75, 3.05) is 20.8 Å². The van der Waals surface area contributed by atoms with E-state index in [-0.39, 0.29) is 12.5 Å². The van der Waals surface area contributed by atoms with Crippen molar-refractivity contribution in [1.82, 2.24) is 5.32 Å². The number of benzene rings is 1. The number of carbonyl (C=O) groups is 1. The van der Waals surface area contributed by atoms with E-state index in [0.717, 1.165) is 0 Å². The Kier molecular flexibility index (Phi) is 6.27. The minimum atomic E-state index is -0.877. The highest BCUT2D eigenvalue weighted by atomic mass is 16.5. The lowest BCUT2D eigenvalue weighted by molar-refractivity contribution is -0.136. The van der Waals surface area contributed by atoms with Gasteiger partial charge in [-0.2, -0.15) is 0 Å². The zero-order chi connectivity index (χ0) is 15.1. The highest BCUT2D eigenvalue weighted by Crippen LogP contribution is 2.30. The molecular weight excluding hydrogens is 262 g/mol. The molecule has 0 aromatic heterocycles. The van der Waals surface area contributed by atoms with Crippen LogP contribution in [0.1, 0.15) is 25.0 Å². The molecule has 1 aromatic rings. The van der Waals surface area contributed by atoms with E-state index in [0.29, 0.717) is 23.6 Å². The lowest BCUT2D eigenvalue weighted by Gasteiger charge is -2.22. The monoisotopic (exact) mass is 283 g/mol. The number of rotatable bonds is 8. The van der Waals surface area contributed by atoms with E-state index in [1.165, 1.54) is 7.11 Å². The van der Waals surface area contributed by atoms with Crippen molar-refractivity contribution >= 4 is 5.97 Å². The summed E-state index contributed by atoms with van der Waals surface area (Å²) in [5, 5.41) is 21.9. The first-order valence-corrected chi connectivity index (χ1v) is 6.34. The van der Waals surface area contributed by atoms with Gasteiger partial charge in [-0.25, -0.2) is 0 Å². The Balaban J connectivity index is 2.78. The van der Waals surface area contributed by atoms with Crippen LogP contribution in [0.4, 0.5) is 0 Å². The summed E-state index contributed by atoms with van der Waals surface area (Å²) in [4.78, 5) is 10.5. The largest absolute Gasteiger partial charge is 0.497 e. The number of nitrogens with one attached hydrogen (secondary N) is 1. The van der Waals surface area contributed by atoms with Gasteiger partial charge in [0.05, 0.1) is 26.7 Å². The third kappa shape index (κ3) is 4.40. The molecule has 0 saturated heterocycles. The average molecular weight is 283 g/mol. The van der Waals surface area contributed by atoms with E-state index in [9.17, 15) is 9.90 Å². The number of aliphatic carboxylic acids is 1. The first-order chi connectivity index (χ1) is 9.49. The third-order valence-electron chi connectivity index (χ3n) is 3.03. The number of hydrogen-bond acceptors (Lipinski definition) is 5. The second-order valence-corrected chi connectivity index (χ2v) is 4.44. The lowest BCUT2D eigenvalue weighted by atomic mass is 10.0. The quantitative estimate of drug-likeness (QED) is 0.664. The zero-order valence-corrected chi connectivity index (χ0v) is 11.9. The summed E-state index contributed by atoms with van der Waals surface area (Å²) in [6, 6.07) is 4.87. The van der Waals surface area contributed by atoms with Crippen LogP contribution in [-0.4, -0.2) is 43.0 Å². The Hall–Kier alpha value is -1.79. The van der Waals surface area contributed by atoms with Gasteiger partial charge >= 0.3 is 5.97 Å². The smallest absolute Gasteiger partial charge is 0.304 e. The van der Waals surface area contributed by atoms with E-state index in [4.69, 9.17) is 14.6 Å². The Morgan fingerprint density at radius 1 is 1.35 bits per heavy atom. The van der Waals surface area contributed by atoms with E-state index >= 15 is 0 Å². The van der Waals surface area contributed by atoms with Crippen LogP contribution < -0.4 is 14.8 Å². The molecule has 20 heavy (non-hydrogen) atoms. The van der Waals surface area contributed by atoms with Gasteiger partial charge in [-0.05, 0) is 25.1 Å². The summed E-state index contributed by atoms with van der Waals surface area (Å²) in [6.45, 7) is 2.07. The molecule has 0 aliphatic carbocycles. The van der Waals surface area contributed by atoms with Crippen LogP contribution in [0.15, 0.2) is 18.2 Å².